The Bertz CT molecular complexity index is 5210. The van der Waals surface area contributed by atoms with E-state index in [2.05, 4.69) is 95.1 Å². The summed E-state index contributed by atoms with van der Waals surface area (Å²) in [6.07, 6.45) is 9.66. The molecule has 3 aliphatic heterocycles. The molecule has 0 aliphatic carbocycles. The Hall–Kier alpha value is -12.9. The third-order valence-corrected chi connectivity index (χ3v) is 19.3. The number of amides is 6. The largest absolute Gasteiger partial charge is 0.383 e. The summed E-state index contributed by atoms with van der Waals surface area (Å²) in [5.74, 6) is 15.5. The van der Waals surface area contributed by atoms with Gasteiger partial charge >= 0.3 is 0 Å². The molecule has 3 fully saturated rings. The maximum atomic E-state index is 12.6. The molecule has 0 bridgehead atoms. The lowest BCUT2D eigenvalue weighted by atomic mass is 10.1. The van der Waals surface area contributed by atoms with Crippen molar-refractivity contribution in [3.8, 4) is 69.3 Å². The van der Waals surface area contributed by atoms with Gasteiger partial charge in [0, 0.05) is 78.8 Å². The Morgan fingerprint density at radius 1 is 0.481 bits per heavy atom. The van der Waals surface area contributed by atoms with Gasteiger partial charge in [-0.2, -0.15) is 24.0 Å². The van der Waals surface area contributed by atoms with E-state index in [-0.39, 0.29) is 61.0 Å². The van der Waals surface area contributed by atoms with E-state index in [0.717, 1.165) is 41.6 Å². The second-order valence-corrected chi connectivity index (χ2v) is 26.2. The molecule has 15 rings (SSSR count). The second kappa shape index (κ2) is 31.3. The summed E-state index contributed by atoms with van der Waals surface area (Å²) in [6.45, 7) is 10.1. The number of anilines is 6. The van der Waals surface area contributed by atoms with Gasteiger partial charge in [0.25, 0.3) is 35.4 Å². The van der Waals surface area contributed by atoms with Crippen LogP contribution in [0.4, 0.5) is 32.5 Å². The van der Waals surface area contributed by atoms with Gasteiger partial charge in [-0.05, 0) is 136 Å². The van der Waals surface area contributed by atoms with Gasteiger partial charge in [0.1, 0.15) is 68.5 Å². The normalized spacial score (nSPS) is 15.0. The minimum absolute atomic E-state index is 0. The van der Waals surface area contributed by atoms with Gasteiger partial charge in [0.2, 0.25) is 0 Å². The molecule has 0 radical (unpaired) electrons. The quantitative estimate of drug-likeness (QED) is 0.0622. The van der Waals surface area contributed by atoms with E-state index < -0.39 is 0 Å². The first-order valence-corrected chi connectivity index (χ1v) is 34.6. The van der Waals surface area contributed by atoms with Gasteiger partial charge in [0.05, 0.1) is 51.7 Å². The molecule has 3 unspecified atom stereocenters. The molecule has 12 heterocycles. The number of nitrogen functional groups attached to an aromatic ring is 3. The Balaban J connectivity index is 0.000000146. The summed E-state index contributed by atoms with van der Waals surface area (Å²) >= 11 is 3.81. The van der Waals surface area contributed by atoms with Crippen LogP contribution in [-0.2, 0) is 14.4 Å². The molecule has 33 heteroatoms. The highest BCUT2D eigenvalue weighted by molar-refractivity contribution is 7.14. The first-order chi connectivity index (χ1) is 50.0. The van der Waals surface area contributed by atoms with E-state index in [1.165, 1.54) is 53.4 Å². The number of hydrogen-bond donors (Lipinski definition) is 6. The lowest BCUT2D eigenvalue weighted by Crippen LogP contribution is -2.28. The molecule has 104 heavy (non-hydrogen) atoms. The predicted octanol–water partition coefficient (Wildman–Crippen LogP) is 8.69. The molecule has 3 aromatic carbocycles. The van der Waals surface area contributed by atoms with Crippen LogP contribution >= 0.6 is 34.4 Å². The molecule has 30 nitrogen and oxygen atoms in total. The number of carbonyl (C=O) groups is 6. The van der Waals surface area contributed by atoms with Crippen molar-refractivity contribution < 1.29 is 28.8 Å². The molecule has 0 saturated carbocycles. The smallest absolute Gasteiger partial charge is 0.298 e. The van der Waals surface area contributed by atoms with Gasteiger partial charge in [-0.15, -0.1) is 11.3 Å². The lowest BCUT2D eigenvalue weighted by molar-refractivity contribution is -0.125. The van der Waals surface area contributed by atoms with E-state index in [0.29, 0.717) is 139 Å². The number of hydrogen-bond acceptors (Lipinski definition) is 24. The van der Waals surface area contributed by atoms with Crippen LogP contribution < -0.4 is 33.2 Å². The molecular weight excluding hydrogens is 1380 g/mol. The van der Waals surface area contributed by atoms with E-state index in [1.807, 2.05) is 63.4 Å². The van der Waals surface area contributed by atoms with Crippen LogP contribution in [0.1, 0.15) is 102 Å². The Kier molecular flexibility index (Phi) is 21.4. The van der Waals surface area contributed by atoms with Crippen molar-refractivity contribution >= 4 is 135 Å². The molecule has 524 valence electrons. The van der Waals surface area contributed by atoms with Crippen molar-refractivity contribution in [1.29, 1.82) is 0 Å². The molecular formula is C71H66N24O6S3. The van der Waals surface area contributed by atoms with E-state index in [1.54, 1.807) is 95.8 Å². The van der Waals surface area contributed by atoms with Crippen molar-refractivity contribution in [1.82, 2.24) is 87.7 Å². The second-order valence-electron chi connectivity index (χ2n) is 23.6. The number of thiazole rings is 1. The fourth-order valence-electron chi connectivity index (χ4n) is 12.2. The summed E-state index contributed by atoms with van der Waals surface area (Å²) in [6, 6.07) is 24.7. The number of fused-ring (bicyclic) bond motifs is 3. The van der Waals surface area contributed by atoms with E-state index >= 15 is 0 Å². The number of carbonyl (C=O) groups excluding carboxylic acids is 6. The number of aryl methyl sites for hydroxylation is 1. The maximum absolute atomic E-state index is 12.6. The fraction of sp³-hybridized carbons (Fsp3) is 0.239. The van der Waals surface area contributed by atoms with Gasteiger partial charge in [-0.1, -0.05) is 61.6 Å². The van der Waals surface area contributed by atoms with Crippen molar-refractivity contribution in [2.24, 2.45) is 0 Å². The maximum Gasteiger partial charge on any atom is 0.298 e. The van der Waals surface area contributed by atoms with Crippen molar-refractivity contribution in [3.63, 3.8) is 0 Å². The molecule has 9 N–H and O–H groups in total. The summed E-state index contributed by atoms with van der Waals surface area (Å²) in [4.78, 5) is 109. The highest BCUT2D eigenvalue weighted by atomic mass is 32.1. The summed E-state index contributed by atoms with van der Waals surface area (Å²) in [7, 11) is 0. The average molecular weight is 1450 g/mol. The lowest BCUT2D eigenvalue weighted by Gasteiger charge is -2.14. The first kappa shape index (κ1) is 70.9. The van der Waals surface area contributed by atoms with Crippen molar-refractivity contribution in [2.75, 3.05) is 72.4 Å². The van der Waals surface area contributed by atoms with Crippen molar-refractivity contribution in [2.45, 2.75) is 72.5 Å². The monoisotopic (exact) mass is 1450 g/mol. The van der Waals surface area contributed by atoms with Crippen LogP contribution in [0.5, 0.6) is 0 Å². The van der Waals surface area contributed by atoms with Crippen LogP contribution in [0.2, 0.25) is 0 Å². The third kappa shape index (κ3) is 15.1. The number of benzene rings is 3. The number of aromatic nitrogens is 15. The van der Waals surface area contributed by atoms with E-state index in [4.69, 9.17) is 32.5 Å². The van der Waals surface area contributed by atoms with E-state index in [9.17, 15) is 28.8 Å². The zero-order chi connectivity index (χ0) is 71.8. The highest BCUT2D eigenvalue weighted by Crippen LogP contribution is 2.38. The molecule has 12 aromatic rings. The number of rotatable bonds is 12. The SMILES string of the molecule is C.CC#CC(=O)N1CCC(n2nc(-c3ccc(C(=O)Nc4cc(C)ns4)cc3)c3c(N)ncnc32)C1.CC#CC(=O)N1CCC(n2nc(-c3ccc(C(=O)Nc4ccns4)cc3)c3c(N)ncnc32)C1.CC#CC(=O)N1CCC(n2nc(-c3ccc(C(=O)Nc4cncs4)cc3)c3c(N)ncnc32)C1. The number of nitrogens with zero attached hydrogens (tertiary/aromatic N) is 18. The van der Waals surface area contributed by atoms with Crippen LogP contribution in [0.3, 0.4) is 0 Å². The minimum Gasteiger partial charge on any atom is -0.383 e. The zero-order valence-corrected chi connectivity index (χ0v) is 58.0. The highest BCUT2D eigenvalue weighted by Gasteiger charge is 2.34. The van der Waals surface area contributed by atoms with Gasteiger partial charge in [-0.25, -0.2) is 43.9 Å². The number of likely N-dealkylation sites (tertiary alicyclic amines) is 3. The predicted molar refractivity (Wildman–Crippen MR) is 398 cm³/mol. The Morgan fingerprint density at radius 3 is 1.16 bits per heavy atom. The van der Waals surface area contributed by atoms with Crippen LogP contribution in [-0.4, -0.2) is 162 Å². The van der Waals surface area contributed by atoms with Gasteiger partial charge in [0.15, 0.2) is 16.9 Å². The minimum atomic E-state index is -0.222. The third-order valence-electron chi connectivity index (χ3n) is 17.1. The number of nitrogens with one attached hydrogen (secondary N) is 3. The Labute approximate surface area is 606 Å². The van der Waals surface area contributed by atoms with Gasteiger partial charge in [-0.3, -0.25) is 33.8 Å². The molecule has 3 aliphatic rings. The Morgan fingerprint density at radius 2 is 0.846 bits per heavy atom. The van der Waals surface area contributed by atoms with Crippen LogP contribution in [0.15, 0.2) is 122 Å². The summed E-state index contributed by atoms with van der Waals surface area (Å²) < 4.78 is 13.6. The first-order valence-electron chi connectivity index (χ1n) is 32.1. The van der Waals surface area contributed by atoms with Crippen LogP contribution in [0, 0.1) is 42.4 Å². The summed E-state index contributed by atoms with van der Waals surface area (Å²) in [5.41, 5.74) is 28.7. The number of nitrogens with two attached hydrogens (primary N) is 3. The van der Waals surface area contributed by atoms with Gasteiger partial charge < -0.3 is 47.9 Å². The summed E-state index contributed by atoms with van der Waals surface area (Å²) in [5, 5.41) is 27.0. The molecule has 3 saturated heterocycles. The molecule has 6 amide bonds. The average Bonchev–Trinajstić information content (AvgIpc) is 1.62. The topological polar surface area (TPSA) is 396 Å². The zero-order valence-electron chi connectivity index (χ0n) is 55.6. The van der Waals surface area contributed by atoms with Crippen molar-refractivity contribution in [3.05, 3.63) is 144 Å². The van der Waals surface area contributed by atoms with Crippen LogP contribution in [0.25, 0.3) is 66.9 Å². The molecule has 0 spiro atoms. The molecule has 3 atom stereocenters. The molecule has 9 aromatic heterocycles. The fourth-order valence-corrected chi connectivity index (χ4v) is 13.8. The standard InChI is InChI=1S/C24H22N8O2S.2C23H20N8O2S.CH4/c1-3-4-19(33)31-10-9-17(12-31)32-23-20(22(25)26-13-27-23)21(29-32)15-5-7-16(8-6-15)24(34)28-18-11-14(2)30-35-18;1-2-3-18(32)30-11-9-16(12-30)31-22-19(21(24)25-13-26-22)20(29-31)14-4-6-15(7-5-14)23(33)28-17-8-10-27-34-17;1-2-3-18(32)30-9-8-16(11-30)31-22-19(21(24)26-12-27-22)20(29-31)14-4-6-15(7-5-14)23(33)28-17-10-25-13-34-17;/h5-8,11,13,17H,9-10,12H2,1-2H3,(H,28,34)(H2,25,26,27);4-8,10,13,16H,9,11-12H2,1H3,(H,28,33)(H2,24,25,26);4-7,10,12-13,16H,8-9,11H2,1H3,(H,28,33)(H2,24,26,27);1H4.